The molecule has 0 amide bonds. The van der Waals surface area contributed by atoms with Crippen LogP contribution in [0.4, 0.5) is 16.2 Å². The normalized spacial score (nSPS) is 31.6. The molecule has 0 aromatic carbocycles. The van der Waals surface area contributed by atoms with Gasteiger partial charge in [0.2, 0.25) is 5.95 Å². The van der Waals surface area contributed by atoms with Gasteiger partial charge in [-0.05, 0) is 6.07 Å². The molecule has 1 saturated heterocycles. The molecule has 2 aliphatic rings. The van der Waals surface area contributed by atoms with E-state index in [0.717, 1.165) is 6.33 Å². The zero-order valence-electron chi connectivity index (χ0n) is 20.6. The van der Waals surface area contributed by atoms with Gasteiger partial charge >= 0.3 is 13.6 Å². The van der Waals surface area contributed by atoms with Crippen LogP contribution in [0.3, 0.4) is 0 Å². The molecule has 220 valence electrons. The van der Waals surface area contributed by atoms with Crippen molar-refractivity contribution in [2.45, 2.75) is 37.8 Å². The molecule has 17 nitrogen and oxygen atoms in total. The Hall–Kier alpha value is -2.54. The number of rotatable bonds is 1. The molecule has 4 aromatic rings. The van der Waals surface area contributed by atoms with Crippen molar-refractivity contribution in [2.24, 2.45) is 0 Å². The van der Waals surface area contributed by atoms with Gasteiger partial charge in [0, 0.05) is 12.2 Å². The fraction of sp³-hybridized carbons (Fsp3) is 0.421. The summed E-state index contributed by atoms with van der Waals surface area (Å²) in [5, 5.41) is 0.470. The summed E-state index contributed by atoms with van der Waals surface area (Å²) in [4.78, 5) is 30.8. The third-order valence-electron chi connectivity index (χ3n) is 6.40. The number of aromatic amines is 1. The van der Waals surface area contributed by atoms with E-state index in [4.69, 9.17) is 34.3 Å². The highest BCUT2D eigenvalue weighted by molar-refractivity contribution is 8.44. The highest BCUT2D eigenvalue weighted by Gasteiger charge is 2.51. The summed E-state index contributed by atoms with van der Waals surface area (Å²) in [6, 6.07) is 1.61. The number of nitrogens with one attached hydrogen (secondary N) is 1. The SMILES string of the molecule is Nc1nc2c(ncn2[C@@H]2O[C@@H]3COP(=O)(S)OCCn4c(cc5c(N)ncnc54)COP(=O)(S)O[C@@H]2[C@@H]3F)c(=O)[nH]1. The third kappa shape index (κ3) is 5.51. The van der Waals surface area contributed by atoms with Crippen molar-refractivity contribution in [2.75, 3.05) is 24.7 Å². The van der Waals surface area contributed by atoms with Gasteiger partial charge in [-0.2, -0.15) is 4.98 Å². The lowest BCUT2D eigenvalue weighted by Crippen LogP contribution is -2.31. The molecule has 0 spiro atoms. The molecule has 41 heavy (non-hydrogen) atoms. The van der Waals surface area contributed by atoms with Gasteiger partial charge in [-0.3, -0.25) is 32.4 Å². The first-order valence-electron chi connectivity index (χ1n) is 11.8. The zero-order valence-corrected chi connectivity index (χ0v) is 24.2. The Morgan fingerprint density at radius 3 is 2.71 bits per heavy atom. The van der Waals surface area contributed by atoms with Gasteiger partial charge in [0.1, 0.15) is 30.0 Å². The summed E-state index contributed by atoms with van der Waals surface area (Å²) in [6.07, 6.45) is -4.08. The molecule has 22 heteroatoms. The number of alkyl halides is 1. The van der Waals surface area contributed by atoms with Crippen LogP contribution in [0.1, 0.15) is 11.9 Å². The first-order chi connectivity index (χ1) is 19.4. The van der Waals surface area contributed by atoms with E-state index in [2.05, 4.69) is 49.4 Å². The molecule has 0 aliphatic carbocycles. The molecule has 2 unspecified atom stereocenters. The second-order valence-electron chi connectivity index (χ2n) is 8.98. The lowest BCUT2D eigenvalue weighted by Gasteiger charge is -2.24. The predicted octanol–water partition coefficient (Wildman–Crippen LogP) is 1.99. The maximum absolute atomic E-state index is 15.8. The van der Waals surface area contributed by atoms with Gasteiger partial charge in [0.15, 0.2) is 23.6 Å². The van der Waals surface area contributed by atoms with E-state index >= 15 is 4.39 Å². The van der Waals surface area contributed by atoms with Crippen molar-refractivity contribution in [1.82, 2.24) is 34.1 Å². The number of fused-ring (bicyclic) bond motifs is 6. The van der Waals surface area contributed by atoms with E-state index in [-0.39, 0.29) is 42.7 Å². The first kappa shape index (κ1) is 28.6. The Bertz CT molecular complexity index is 1800. The number of imidazole rings is 1. The van der Waals surface area contributed by atoms with Crippen molar-refractivity contribution < 1.29 is 36.4 Å². The van der Waals surface area contributed by atoms with Crippen molar-refractivity contribution >= 4 is 72.1 Å². The average Bonchev–Trinajstić information content (AvgIpc) is 3.56. The number of halogens is 1. The molecular formula is C19H22FN9O8P2S2. The lowest BCUT2D eigenvalue weighted by atomic mass is 10.1. The number of thiol groups is 2. The quantitative estimate of drug-likeness (QED) is 0.147. The molecule has 4 aromatic heterocycles. The van der Waals surface area contributed by atoms with Gasteiger partial charge in [0.05, 0.1) is 31.5 Å². The van der Waals surface area contributed by atoms with Crippen LogP contribution in [0.2, 0.25) is 0 Å². The van der Waals surface area contributed by atoms with Crippen LogP contribution in [0, 0.1) is 0 Å². The number of hydrogen-bond acceptors (Lipinski definition) is 14. The van der Waals surface area contributed by atoms with E-state index < -0.39 is 50.4 Å². The van der Waals surface area contributed by atoms with Gasteiger partial charge in [-0.15, -0.1) is 0 Å². The summed E-state index contributed by atoms with van der Waals surface area (Å²) >= 11 is 8.05. The maximum atomic E-state index is 15.8. The monoisotopic (exact) mass is 649 g/mol. The van der Waals surface area contributed by atoms with Crippen LogP contribution in [0.25, 0.3) is 22.2 Å². The largest absolute Gasteiger partial charge is 0.387 e. The standard InChI is InChI=1S/C19H22FN9O8P2S2/c20-11-10-5-35-38(31,40)33-2-1-28-8(3-9-14(21)23-6-24-15(9)28)4-34-39(32,41)37-13(11)18(36-10)29-7-25-12-16(29)26-19(22)27-17(12)30/h3,6-7,10-11,13,18H,1-2,4-5H2,(H,31,40)(H,32,41)(H2,21,23,24)(H3,22,26,27,30)/t10-,11-,13-,18-,38?,39?/m1/s1. The van der Waals surface area contributed by atoms with E-state index in [1.807, 2.05) is 0 Å². The van der Waals surface area contributed by atoms with Crippen LogP contribution < -0.4 is 17.0 Å². The Labute approximate surface area is 239 Å². The number of nitrogens with zero attached hydrogens (tertiary/aromatic N) is 6. The third-order valence-corrected chi connectivity index (χ3v) is 9.67. The van der Waals surface area contributed by atoms with E-state index in [9.17, 15) is 13.9 Å². The number of anilines is 2. The van der Waals surface area contributed by atoms with E-state index in [1.165, 1.54) is 10.9 Å². The fourth-order valence-electron chi connectivity index (χ4n) is 4.58. The van der Waals surface area contributed by atoms with Crippen LogP contribution >= 0.6 is 38.1 Å². The molecular weight excluding hydrogens is 627 g/mol. The number of aromatic nitrogens is 7. The van der Waals surface area contributed by atoms with E-state index in [0.29, 0.717) is 16.7 Å². The molecule has 0 saturated carbocycles. The molecule has 2 aliphatic heterocycles. The lowest BCUT2D eigenvalue weighted by molar-refractivity contribution is -0.0444. The number of nitrogen functional groups attached to an aromatic ring is 2. The highest BCUT2D eigenvalue weighted by atomic mass is 32.7. The molecule has 0 radical (unpaired) electrons. The Morgan fingerprint density at radius 2 is 1.90 bits per heavy atom. The van der Waals surface area contributed by atoms with Crippen molar-refractivity contribution in [3.05, 3.63) is 34.8 Å². The Morgan fingerprint density at radius 1 is 1.10 bits per heavy atom. The molecule has 2 bridgehead atoms. The van der Waals surface area contributed by atoms with Gasteiger partial charge in [0.25, 0.3) is 5.56 Å². The minimum absolute atomic E-state index is 0.0608. The fourth-order valence-corrected chi connectivity index (χ4v) is 7.13. The molecule has 1 fully saturated rings. The second kappa shape index (κ2) is 10.6. The topological polar surface area (TPSA) is 227 Å². The number of nitrogens with two attached hydrogens (primary N) is 2. The van der Waals surface area contributed by atoms with Crippen molar-refractivity contribution in [3.8, 4) is 0 Å². The van der Waals surface area contributed by atoms with Crippen molar-refractivity contribution in [1.29, 1.82) is 0 Å². The van der Waals surface area contributed by atoms with Crippen LogP contribution in [0.5, 0.6) is 0 Å². The summed E-state index contributed by atoms with van der Waals surface area (Å²) in [5.41, 5.74) is 11.6. The van der Waals surface area contributed by atoms with Crippen LogP contribution in [-0.4, -0.2) is 65.6 Å². The number of ether oxygens (including phenoxy) is 1. The zero-order chi connectivity index (χ0) is 29.1. The minimum atomic E-state index is -4.31. The highest BCUT2D eigenvalue weighted by Crippen LogP contribution is 2.58. The molecule has 6 atom stereocenters. The van der Waals surface area contributed by atoms with Crippen LogP contribution in [-0.2, 0) is 45.1 Å². The summed E-state index contributed by atoms with van der Waals surface area (Å²) in [7, 11) is 0. The number of H-pyrrole nitrogens is 1. The minimum Gasteiger partial charge on any atom is -0.383 e. The first-order valence-corrected chi connectivity index (χ1v) is 17.2. The predicted molar refractivity (Wildman–Crippen MR) is 148 cm³/mol. The summed E-state index contributed by atoms with van der Waals surface area (Å²) in [5.74, 6) is -0.0559. The van der Waals surface area contributed by atoms with Gasteiger partial charge < -0.3 is 20.8 Å². The summed E-state index contributed by atoms with van der Waals surface area (Å²) in [6.45, 7) is -9.34. The molecule has 5 N–H and O–H groups in total. The Balaban J connectivity index is 1.39. The van der Waals surface area contributed by atoms with E-state index in [1.54, 1.807) is 10.6 Å². The average molecular weight is 650 g/mol. The van der Waals surface area contributed by atoms with Gasteiger partial charge in [-0.25, -0.2) is 28.5 Å². The second-order valence-corrected chi connectivity index (χ2v) is 14.8. The molecule has 6 rings (SSSR count). The van der Waals surface area contributed by atoms with Gasteiger partial charge in [-0.1, -0.05) is 24.5 Å². The number of hydrogen-bond donors (Lipinski definition) is 5. The molecule has 6 heterocycles. The Kier molecular flexibility index (Phi) is 7.40. The van der Waals surface area contributed by atoms with Crippen molar-refractivity contribution in [3.63, 3.8) is 0 Å². The van der Waals surface area contributed by atoms with Crippen LogP contribution in [0.15, 0.2) is 23.5 Å². The smallest absolute Gasteiger partial charge is 0.383 e. The maximum Gasteiger partial charge on any atom is 0.387 e. The summed E-state index contributed by atoms with van der Waals surface area (Å²) < 4.78 is 72.6.